The van der Waals surface area contributed by atoms with Gasteiger partial charge in [-0.05, 0) is 38.5 Å². The van der Waals surface area contributed by atoms with Gasteiger partial charge in [0.25, 0.3) is 0 Å². The molecule has 0 heterocycles. The van der Waals surface area contributed by atoms with E-state index in [0.29, 0.717) is 5.56 Å². The van der Waals surface area contributed by atoms with Crippen molar-refractivity contribution in [2.45, 2.75) is 32.3 Å². The molecule has 1 unspecified atom stereocenters. The maximum atomic E-state index is 12.2. The third-order valence-electron chi connectivity index (χ3n) is 2.44. The zero-order valence-electron chi connectivity index (χ0n) is 12.0. The lowest BCUT2D eigenvalue weighted by Gasteiger charge is -2.23. The van der Waals surface area contributed by atoms with Crippen molar-refractivity contribution in [2.24, 2.45) is 16.5 Å². The Hall–Kier alpha value is -2.24. The fraction of sp³-hybridized carbons (Fsp3) is 0.429. The number of hydrogen-bond acceptors (Lipinski definition) is 4. The molecule has 1 atom stereocenters. The molecule has 0 saturated carbocycles. The summed E-state index contributed by atoms with van der Waals surface area (Å²) in [6, 6.07) is 6.29. The second kappa shape index (κ2) is 6.27. The fourth-order valence-electron chi connectivity index (χ4n) is 1.59. The standard InChI is InChI=1S/C14H21N3O3/c1-14(2,3)20-12(19)11(8-17-13(15)16)9-4-6-10(18)7-5-9/h4-7,11,18H,8H2,1-3H3,(H4,15,16,17). The van der Waals surface area contributed by atoms with Gasteiger partial charge in [-0.25, -0.2) is 0 Å². The number of phenolic OH excluding ortho intramolecular Hbond substituents is 1. The van der Waals surface area contributed by atoms with Crippen molar-refractivity contribution in [3.8, 4) is 5.75 Å². The number of benzene rings is 1. The van der Waals surface area contributed by atoms with Gasteiger partial charge in [0.05, 0.1) is 6.54 Å². The minimum absolute atomic E-state index is 0.0858. The molecule has 0 amide bonds. The molecule has 20 heavy (non-hydrogen) atoms. The molecule has 1 aromatic carbocycles. The van der Waals surface area contributed by atoms with Crippen LogP contribution in [0.4, 0.5) is 0 Å². The molecule has 0 aliphatic rings. The van der Waals surface area contributed by atoms with Crippen LogP contribution in [0.5, 0.6) is 5.75 Å². The number of nitrogens with zero attached hydrogens (tertiary/aromatic N) is 1. The number of nitrogens with two attached hydrogens (primary N) is 2. The van der Waals surface area contributed by atoms with Gasteiger partial charge in [-0.15, -0.1) is 0 Å². The average Bonchev–Trinajstić information content (AvgIpc) is 2.29. The highest BCUT2D eigenvalue weighted by Gasteiger charge is 2.26. The number of aromatic hydroxyl groups is 1. The van der Waals surface area contributed by atoms with Crippen LogP contribution >= 0.6 is 0 Å². The van der Waals surface area contributed by atoms with E-state index in [2.05, 4.69) is 4.99 Å². The van der Waals surface area contributed by atoms with E-state index >= 15 is 0 Å². The first-order valence-corrected chi connectivity index (χ1v) is 6.26. The van der Waals surface area contributed by atoms with E-state index in [1.807, 2.05) is 0 Å². The van der Waals surface area contributed by atoms with Crippen LogP contribution < -0.4 is 11.5 Å². The minimum atomic E-state index is -0.614. The van der Waals surface area contributed by atoms with Crippen molar-refractivity contribution in [3.63, 3.8) is 0 Å². The number of hydrogen-bond donors (Lipinski definition) is 3. The molecule has 0 aliphatic carbocycles. The van der Waals surface area contributed by atoms with Gasteiger partial charge in [0.1, 0.15) is 17.3 Å². The number of guanidine groups is 1. The van der Waals surface area contributed by atoms with E-state index in [0.717, 1.165) is 0 Å². The van der Waals surface area contributed by atoms with Gasteiger partial charge in [-0.3, -0.25) is 9.79 Å². The van der Waals surface area contributed by atoms with Crippen molar-refractivity contribution < 1.29 is 14.6 Å². The number of aliphatic imine (C=N–C) groups is 1. The predicted molar refractivity (Wildman–Crippen MR) is 77.4 cm³/mol. The van der Waals surface area contributed by atoms with Crippen molar-refractivity contribution >= 4 is 11.9 Å². The number of carbonyl (C=O) groups is 1. The molecule has 5 N–H and O–H groups in total. The fourth-order valence-corrected chi connectivity index (χ4v) is 1.59. The van der Waals surface area contributed by atoms with Gasteiger partial charge >= 0.3 is 5.97 Å². The molecule has 0 saturated heterocycles. The molecule has 110 valence electrons. The third kappa shape index (κ3) is 5.17. The van der Waals surface area contributed by atoms with Gasteiger partial charge in [0, 0.05) is 0 Å². The molecule has 1 rings (SSSR count). The van der Waals surface area contributed by atoms with Crippen LogP contribution in [0.1, 0.15) is 32.3 Å². The van der Waals surface area contributed by atoms with E-state index in [1.165, 1.54) is 12.1 Å². The quantitative estimate of drug-likeness (QED) is 0.434. The van der Waals surface area contributed by atoms with Gasteiger partial charge in [0.15, 0.2) is 5.96 Å². The van der Waals surface area contributed by atoms with Crippen molar-refractivity contribution in [3.05, 3.63) is 29.8 Å². The zero-order valence-corrected chi connectivity index (χ0v) is 12.0. The molecule has 1 aromatic rings. The lowest BCUT2D eigenvalue weighted by molar-refractivity contribution is -0.156. The van der Waals surface area contributed by atoms with E-state index in [-0.39, 0.29) is 18.3 Å². The van der Waals surface area contributed by atoms with Crippen molar-refractivity contribution in [1.29, 1.82) is 0 Å². The summed E-state index contributed by atoms with van der Waals surface area (Å²) in [4.78, 5) is 16.1. The third-order valence-corrected chi connectivity index (χ3v) is 2.44. The molecule has 6 nitrogen and oxygen atoms in total. The lowest BCUT2D eigenvalue weighted by Crippen LogP contribution is -2.30. The van der Waals surface area contributed by atoms with Crippen LogP contribution in [-0.2, 0) is 9.53 Å². The normalized spacial score (nSPS) is 12.6. The van der Waals surface area contributed by atoms with Gasteiger partial charge < -0.3 is 21.3 Å². The second-order valence-corrected chi connectivity index (χ2v) is 5.44. The van der Waals surface area contributed by atoms with E-state index in [4.69, 9.17) is 16.2 Å². The SMILES string of the molecule is CC(C)(C)OC(=O)C(CN=C(N)N)c1ccc(O)cc1. The average molecular weight is 279 g/mol. The first kappa shape index (κ1) is 15.8. The molecule has 0 aromatic heterocycles. The number of carbonyl (C=O) groups excluding carboxylic acids is 1. The second-order valence-electron chi connectivity index (χ2n) is 5.44. The van der Waals surface area contributed by atoms with E-state index < -0.39 is 17.5 Å². The predicted octanol–water partition coefficient (Wildman–Crippen LogP) is 1.09. The Kier molecular flexibility index (Phi) is 4.96. The number of esters is 1. The highest BCUT2D eigenvalue weighted by molar-refractivity contribution is 5.80. The van der Waals surface area contributed by atoms with Gasteiger partial charge in [-0.2, -0.15) is 0 Å². The van der Waals surface area contributed by atoms with Crippen LogP contribution in [-0.4, -0.2) is 29.2 Å². The van der Waals surface area contributed by atoms with Crippen LogP contribution in [0, 0.1) is 0 Å². The molecule has 0 spiro atoms. The maximum absolute atomic E-state index is 12.2. The summed E-state index contributed by atoms with van der Waals surface area (Å²) >= 11 is 0. The lowest BCUT2D eigenvalue weighted by atomic mass is 9.99. The smallest absolute Gasteiger partial charge is 0.315 e. The van der Waals surface area contributed by atoms with E-state index in [9.17, 15) is 9.90 Å². The maximum Gasteiger partial charge on any atom is 0.315 e. The van der Waals surface area contributed by atoms with E-state index in [1.54, 1.807) is 32.9 Å². The zero-order chi connectivity index (χ0) is 15.3. The summed E-state index contributed by atoms with van der Waals surface area (Å²) in [5.41, 5.74) is 10.7. The molecular weight excluding hydrogens is 258 g/mol. The molecule has 6 heteroatoms. The first-order valence-electron chi connectivity index (χ1n) is 6.26. The largest absolute Gasteiger partial charge is 0.508 e. The van der Waals surface area contributed by atoms with Crippen LogP contribution in [0.25, 0.3) is 0 Å². The topological polar surface area (TPSA) is 111 Å². The minimum Gasteiger partial charge on any atom is -0.508 e. The summed E-state index contributed by atoms with van der Waals surface area (Å²) in [5, 5.41) is 9.30. The molecule has 0 aliphatic heterocycles. The highest BCUT2D eigenvalue weighted by Crippen LogP contribution is 2.23. The van der Waals surface area contributed by atoms with Crippen LogP contribution in [0.15, 0.2) is 29.3 Å². The first-order chi connectivity index (χ1) is 9.19. The number of phenols is 1. The Morgan fingerprint density at radius 3 is 2.30 bits per heavy atom. The summed E-state index contributed by atoms with van der Waals surface area (Å²) in [5.74, 6) is -0.985. The van der Waals surface area contributed by atoms with Crippen LogP contribution in [0.3, 0.4) is 0 Å². The molecule has 0 radical (unpaired) electrons. The summed E-state index contributed by atoms with van der Waals surface area (Å²) in [6.07, 6.45) is 0. The number of ether oxygens (including phenoxy) is 1. The Morgan fingerprint density at radius 2 is 1.85 bits per heavy atom. The molecule has 0 bridgehead atoms. The van der Waals surface area contributed by atoms with Crippen molar-refractivity contribution in [2.75, 3.05) is 6.54 Å². The van der Waals surface area contributed by atoms with Crippen LogP contribution in [0.2, 0.25) is 0 Å². The molecule has 0 fully saturated rings. The Balaban J connectivity index is 2.98. The summed E-state index contributed by atoms with van der Waals surface area (Å²) < 4.78 is 5.36. The summed E-state index contributed by atoms with van der Waals surface area (Å²) in [6.45, 7) is 5.47. The molecular formula is C14H21N3O3. The highest BCUT2D eigenvalue weighted by atomic mass is 16.6. The Morgan fingerprint density at radius 1 is 1.30 bits per heavy atom. The van der Waals surface area contributed by atoms with Crippen molar-refractivity contribution in [1.82, 2.24) is 0 Å². The van der Waals surface area contributed by atoms with Gasteiger partial charge in [0.2, 0.25) is 0 Å². The number of rotatable bonds is 4. The Bertz CT molecular complexity index is 485. The monoisotopic (exact) mass is 279 g/mol. The summed E-state index contributed by atoms with van der Waals surface area (Å²) in [7, 11) is 0. The van der Waals surface area contributed by atoms with Gasteiger partial charge in [-0.1, -0.05) is 12.1 Å². The Labute approximate surface area is 118 Å².